The van der Waals surface area contributed by atoms with E-state index in [1.54, 1.807) is 19.5 Å². The summed E-state index contributed by atoms with van der Waals surface area (Å²) in [4.78, 5) is 32.3. The molecule has 0 radical (unpaired) electrons. The molecule has 7 rings (SSSR count). The van der Waals surface area contributed by atoms with Crippen LogP contribution in [0.4, 0.5) is 5.82 Å². The number of nitrogens with zero attached hydrogens (tertiary/aromatic N) is 8. The van der Waals surface area contributed by atoms with Gasteiger partial charge in [0.05, 0.1) is 48.8 Å². The van der Waals surface area contributed by atoms with Crippen molar-refractivity contribution in [3.05, 3.63) is 53.7 Å². The lowest BCUT2D eigenvalue weighted by Crippen LogP contribution is -2.37. The van der Waals surface area contributed by atoms with Crippen LogP contribution in [-0.2, 0) is 11.8 Å². The lowest BCUT2D eigenvalue weighted by atomic mass is 10.1. The molecular formula is C31H34N8O3. The van der Waals surface area contributed by atoms with E-state index in [-0.39, 0.29) is 5.91 Å². The zero-order chi connectivity index (χ0) is 29.0. The van der Waals surface area contributed by atoms with E-state index in [0.29, 0.717) is 24.8 Å². The largest absolute Gasteiger partial charge is 0.496 e. The normalized spacial score (nSPS) is 15.7. The van der Waals surface area contributed by atoms with Crippen molar-refractivity contribution < 1.29 is 14.3 Å². The van der Waals surface area contributed by atoms with Gasteiger partial charge < -0.3 is 23.8 Å². The van der Waals surface area contributed by atoms with E-state index in [0.717, 1.165) is 94.9 Å². The second kappa shape index (κ2) is 10.4. The van der Waals surface area contributed by atoms with E-state index in [1.165, 1.54) is 0 Å². The molecule has 2 aliphatic rings. The SMILES string of the molecule is COc1ccncc1-c1cc2c(cnn2-c2cc3c(C)c(C(=O)N4CCCC4)n(C)c3c(N3CCOCC3)n2)c(C)n1. The molecular weight excluding hydrogens is 532 g/mol. The number of fused-ring (bicyclic) bond motifs is 2. The standard InChI is InChI=1S/C31H34N8O3/c1-19-21-15-27(39-25-16-24(34-20(2)22(25)18-33-39)23-17-32-8-7-26(23)41-4)35-30(37-11-13-42-14-12-37)29(21)36(3)28(19)31(40)38-9-5-6-10-38/h7-8,15-18H,5-6,9-14H2,1-4H3. The summed E-state index contributed by atoms with van der Waals surface area (Å²) in [6.45, 7) is 8.32. The summed E-state index contributed by atoms with van der Waals surface area (Å²) >= 11 is 0. The number of ether oxygens (including phenoxy) is 2. The number of aromatic nitrogens is 6. The van der Waals surface area contributed by atoms with Crippen LogP contribution in [0.1, 0.15) is 34.6 Å². The van der Waals surface area contributed by atoms with E-state index in [1.807, 2.05) is 53.4 Å². The maximum atomic E-state index is 13.7. The Labute approximate surface area is 243 Å². The summed E-state index contributed by atoms with van der Waals surface area (Å²) in [5, 5.41) is 6.73. The zero-order valence-electron chi connectivity index (χ0n) is 24.4. The third-order valence-electron chi connectivity index (χ3n) is 8.55. The van der Waals surface area contributed by atoms with Crippen LogP contribution in [0.5, 0.6) is 5.75 Å². The van der Waals surface area contributed by atoms with E-state index < -0.39 is 0 Å². The molecule has 11 nitrogen and oxygen atoms in total. The molecule has 5 aromatic rings. The van der Waals surface area contributed by atoms with Gasteiger partial charge in [0.25, 0.3) is 5.91 Å². The second-order valence-corrected chi connectivity index (χ2v) is 11.0. The molecule has 11 heteroatoms. The summed E-state index contributed by atoms with van der Waals surface area (Å²) in [5.41, 5.74) is 5.91. The lowest BCUT2D eigenvalue weighted by Gasteiger charge is -2.29. The Morgan fingerprint density at radius 1 is 1.00 bits per heavy atom. The number of amides is 1. The third-order valence-corrected chi connectivity index (χ3v) is 8.55. The highest BCUT2D eigenvalue weighted by Crippen LogP contribution is 2.36. The Kier molecular flexibility index (Phi) is 6.53. The van der Waals surface area contributed by atoms with Crippen molar-refractivity contribution in [2.75, 3.05) is 51.4 Å². The highest BCUT2D eigenvalue weighted by atomic mass is 16.5. The van der Waals surface area contributed by atoms with E-state index in [9.17, 15) is 4.79 Å². The molecule has 0 spiro atoms. The molecule has 42 heavy (non-hydrogen) atoms. The first-order valence-electron chi connectivity index (χ1n) is 14.4. The van der Waals surface area contributed by atoms with Crippen molar-refractivity contribution in [3.63, 3.8) is 0 Å². The molecule has 0 atom stereocenters. The fraction of sp³-hybridized carbons (Fsp3) is 0.387. The number of aryl methyl sites for hydroxylation is 3. The molecule has 0 aliphatic carbocycles. The van der Waals surface area contributed by atoms with Crippen LogP contribution in [0.2, 0.25) is 0 Å². The van der Waals surface area contributed by atoms with Crippen molar-refractivity contribution in [2.45, 2.75) is 26.7 Å². The van der Waals surface area contributed by atoms with Gasteiger partial charge in [0, 0.05) is 62.1 Å². The zero-order valence-corrected chi connectivity index (χ0v) is 24.4. The Morgan fingerprint density at radius 3 is 2.55 bits per heavy atom. The van der Waals surface area contributed by atoms with Crippen molar-refractivity contribution in [2.24, 2.45) is 7.05 Å². The first-order valence-corrected chi connectivity index (χ1v) is 14.4. The summed E-state index contributed by atoms with van der Waals surface area (Å²) in [5.74, 6) is 2.30. The summed E-state index contributed by atoms with van der Waals surface area (Å²) in [7, 11) is 3.63. The van der Waals surface area contributed by atoms with Gasteiger partial charge in [0.2, 0.25) is 0 Å². The van der Waals surface area contributed by atoms with Crippen molar-refractivity contribution in [1.29, 1.82) is 0 Å². The Hall–Kier alpha value is -4.51. The van der Waals surface area contributed by atoms with Crippen LogP contribution < -0.4 is 9.64 Å². The van der Waals surface area contributed by atoms with Crippen molar-refractivity contribution in [1.82, 2.24) is 34.2 Å². The molecule has 7 heterocycles. The minimum Gasteiger partial charge on any atom is -0.496 e. The van der Waals surface area contributed by atoms with Gasteiger partial charge in [-0.05, 0) is 50.5 Å². The molecule has 2 aliphatic heterocycles. The molecule has 0 unspecified atom stereocenters. The molecule has 0 saturated carbocycles. The molecule has 0 bridgehead atoms. The summed E-state index contributed by atoms with van der Waals surface area (Å²) in [6, 6.07) is 5.90. The highest BCUT2D eigenvalue weighted by Gasteiger charge is 2.29. The predicted molar refractivity (Wildman–Crippen MR) is 161 cm³/mol. The lowest BCUT2D eigenvalue weighted by molar-refractivity contribution is 0.0783. The van der Waals surface area contributed by atoms with E-state index in [2.05, 4.69) is 16.0 Å². The predicted octanol–water partition coefficient (Wildman–Crippen LogP) is 4.07. The molecule has 0 aromatic carbocycles. The van der Waals surface area contributed by atoms with Crippen LogP contribution in [0, 0.1) is 13.8 Å². The number of methoxy groups -OCH3 is 1. The number of hydrogen-bond donors (Lipinski definition) is 0. The minimum absolute atomic E-state index is 0.0828. The first kappa shape index (κ1) is 26.4. The van der Waals surface area contributed by atoms with Gasteiger partial charge in [-0.25, -0.2) is 9.67 Å². The van der Waals surface area contributed by atoms with Crippen LogP contribution in [0.15, 0.2) is 36.8 Å². The van der Waals surface area contributed by atoms with Crippen LogP contribution >= 0.6 is 0 Å². The second-order valence-electron chi connectivity index (χ2n) is 11.0. The first-order chi connectivity index (χ1) is 20.5. The molecule has 216 valence electrons. The number of anilines is 1. The number of pyridine rings is 3. The number of rotatable bonds is 5. The number of likely N-dealkylation sites (tertiary alicyclic amines) is 1. The van der Waals surface area contributed by atoms with Crippen LogP contribution in [0.25, 0.3) is 38.9 Å². The maximum Gasteiger partial charge on any atom is 0.270 e. The molecule has 1 amide bonds. The molecule has 2 saturated heterocycles. The number of morpholine rings is 1. The summed E-state index contributed by atoms with van der Waals surface area (Å²) < 4.78 is 15.2. The number of carbonyl (C=O) groups is 1. The number of hydrogen-bond acceptors (Lipinski definition) is 8. The molecule has 5 aromatic heterocycles. The van der Waals surface area contributed by atoms with Crippen molar-refractivity contribution in [3.8, 4) is 22.8 Å². The topological polar surface area (TPSA) is 103 Å². The van der Waals surface area contributed by atoms with Gasteiger partial charge in [-0.1, -0.05) is 0 Å². The monoisotopic (exact) mass is 566 g/mol. The Balaban J connectivity index is 1.44. The molecule has 2 fully saturated rings. The maximum absolute atomic E-state index is 13.7. The van der Waals surface area contributed by atoms with Gasteiger partial charge >= 0.3 is 0 Å². The van der Waals surface area contributed by atoms with E-state index >= 15 is 0 Å². The van der Waals surface area contributed by atoms with Crippen LogP contribution in [0.3, 0.4) is 0 Å². The fourth-order valence-electron chi connectivity index (χ4n) is 6.35. The Bertz CT molecular complexity index is 1830. The Morgan fingerprint density at radius 2 is 1.79 bits per heavy atom. The van der Waals surface area contributed by atoms with Gasteiger partial charge in [-0.15, -0.1) is 0 Å². The average Bonchev–Trinajstić information content (AvgIpc) is 3.76. The van der Waals surface area contributed by atoms with Gasteiger partial charge in [0.1, 0.15) is 11.4 Å². The van der Waals surface area contributed by atoms with Crippen LogP contribution in [-0.4, -0.2) is 86.6 Å². The third kappa shape index (κ3) is 4.18. The van der Waals surface area contributed by atoms with Gasteiger partial charge in [-0.2, -0.15) is 5.10 Å². The van der Waals surface area contributed by atoms with Crippen molar-refractivity contribution >= 4 is 33.5 Å². The average molecular weight is 567 g/mol. The summed E-state index contributed by atoms with van der Waals surface area (Å²) in [6.07, 6.45) is 7.40. The minimum atomic E-state index is 0.0828. The fourth-order valence-corrected chi connectivity index (χ4v) is 6.35. The number of carbonyl (C=O) groups excluding carboxylic acids is 1. The quantitative estimate of drug-likeness (QED) is 0.314. The smallest absolute Gasteiger partial charge is 0.270 e. The van der Waals surface area contributed by atoms with Gasteiger partial charge in [-0.3, -0.25) is 14.8 Å². The van der Waals surface area contributed by atoms with Gasteiger partial charge in [0.15, 0.2) is 11.6 Å². The highest BCUT2D eigenvalue weighted by molar-refractivity contribution is 6.05. The molecule has 0 N–H and O–H groups in total. The van der Waals surface area contributed by atoms with E-state index in [4.69, 9.17) is 24.5 Å².